The molecular formula is C22H25N3O3S2. The summed E-state index contributed by atoms with van der Waals surface area (Å²) in [4.78, 5) is 17.7. The minimum absolute atomic E-state index is 0.174. The molecule has 1 amide bonds. The molecule has 0 spiro atoms. The van der Waals surface area contributed by atoms with Crippen LogP contribution in [-0.2, 0) is 14.8 Å². The Morgan fingerprint density at radius 2 is 1.87 bits per heavy atom. The Hall–Kier alpha value is -2.29. The highest BCUT2D eigenvalue weighted by molar-refractivity contribution is 7.89. The summed E-state index contributed by atoms with van der Waals surface area (Å²) in [5.74, 6) is -0.568. The van der Waals surface area contributed by atoms with E-state index < -0.39 is 15.9 Å². The Bertz CT molecular complexity index is 1200. The van der Waals surface area contributed by atoms with Crippen LogP contribution in [0.1, 0.15) is 29.5 Å². The molecule has 1 aromatic heterocycles. The van der Waals surface area contributed by atoms with Crippen LogP contribution in [0.25, 0.3) is 10.2 Å². The fraction of sp³-hybridized carbons (Fsp3) is 0.364. The highest BCUT2D eigenvalue weighted by Gasteiger charge is 2.33. The molecule has 4 rings (SSSR count). The number of nitrogens with zero attached hydrogens (tertiary/aromatic N) is 2. The van der Waals surface area contributed by atoms with Crippen LogP contribution in [0.4, 0.5) is 5.13 Å². The van der Waals surface area contributed by atoms with Gasteiger partial charge in [0.25, 0.3) is 0 Å². The SMILES string of the molecule is Cc1ccc(S(=O)(=O)N2CCCC(C(=O)Nc3nc4c(C)cc(C)cc4s3)C2)cc1. The molecule has 1 unspecified atom stereocenters. The lowest BCUT2D eigenvalue weighted by atomic mass is 9.99. The van der Waals surface area contributed by atoms with E-state index in [-0.39, 0.29) is 17.3 Å². The molecule has 1 aliphatic rings. The minimum atomic E-state index is -3.61. The van der Waals surface area contributed by atoms with Crippen molar-refractivity contribution in [3.63, 3.8) is 0 Å². The second-order valence-corrected chi connectivity index (χ2v) is 10.9. The van der Waals surface area contributed by atoms with Crippen molar-refractivity contribution in [3.05, 3.63) is 53.1 Å². The summed E-state index contributed by atoms with van der Waals surface area (Å²) in [5.41, 5.74) is 4.14. The lowest BCUT2D eigenvalue weighted by Gasteiger charge is -2.31. The lowest BCUT2D eigenvalue weighted by Crippen LogP contribution is -2.43. The average Bonchev–Trinajstić information content (AvgIpc) is 3.11. The molecule has 1 atom stereocenters. The molecule has 8 heteroatoms. The zero-order valence-electron chi connectivity index (χ0n) is 17.3. The van der Waals surface area contributed by atoms with E-state index in [0.717, 1.165) is 26.9 Å². The smallest absolute Gasteiger partial charge is 0.243 e. The summed E-state index contributed by atoms with van der Waals surface area (Å²) in [7, 11) is -3.61. The van der Waals surface area contributed by atoms with Crippen LogP contribution >= 0.6 is 11.3 Å². The number of thiazole rings is 1. The third-order valence-electron chi connectivity index (χ3n) is 5.47. The number of carbonyl (C=O) groups is 1. The molecule has 1 aliphatic heterocycles. The van der Waals surface area contributed by atoms with Gasteiger partial charge in [0.1, 0.15) is 0 Å². The molecule has 3 aromatic rings. The fourth-order valence-corrected chi connectivity index (χ4v) is 6.43. The number of hydrogen-bond donors (Lipinski definition) is 1. The molecule has 30 heavy (non-hydrogen) atoms. The first kappa shape index (κ1) is 21.0. The second kappa shape index (κ2) is 8.09. The number of amides is 1. The summed E-state index contributed by atoms with van der Waals surface area (Å²) in [6, 6.07) is 11.0. The van der Waals surface area contributed by atoms with Crippen molar-refractivity contribution in [2.45, 2.75) is 38.5 Å². The zero-order chi connectivity index (χ0) is 21.5. The fourth-order valence-electron chi connectivity index (χ4n) is 3.87. The Morgan fingerprint density at radius 1 is 1.13 bits per heavy atom. The third kappa shape index (κ3) is 4.12. The number of carbonyl (C=O) groups excluding carboxylic acids is 1. The zero-order valence-corrected chi connectivity index (χ0v) is 18.9. The lowest BCUT2D eigenvalue weighted by molar-refractivity contribution is -0.120. The van der Waals surface area contributed by atoms with Crippen LogP contribution in [0.15, 0.2) is 41.3 Å². The molecule has 0 saturated carbocycles. The maximum atomic E-state index is 13.0. The molecule has 1 saturated heterocycles. The predicted octanol–water partition coefficient (Wildman–Crippen LogP) is 4.26. The minimum Gasteiger partial charge on any atom is -0.302 e. The van der Waals surface area contributed by atoms with Crippen molar-refractivity contribution in [1.29, 1.82) is 0 Å². The quantitative estimate of drug-likeness (QED) is 0.653. The first-order chi connectivity index (χ1) is 14.2. The summed E-state index contributed by atoms with van der Waals surface area (Å²) < 4.78 is 28.5. The van der Waals surface area contributed by atoms with Crippen molar-refractivity contribution >= 4 is 42.6 Å². The monoisotopic (exact) mass is 443 g/mol. The van der Waals surface area contributed by atoms with Gasteiger partial charge in [0.2, 0.25) is 15.9 Å². The van der Waals surface area contributed by atoms with E-state index in [1.165, 1.54) is 15.6 Å². The van der Waals surface area contributed by atoms with Gasteiger partial charge < -0.3 is 5.32 Å². The van der Waals surface area contributed by atoms with Gasteiger partial charge in [-0.25, -0.2) is 13.4 Å². The second-order valence-electron chi connectivity index (χ2n) is 7.95. The summed E-state index contributed by atoms with van der Waals surface area (Å²) >= 11 is 1.45. The molecule has 1 N–H and O–H groups in total. The van der Waals surface area contributed by atoms with E-state index in [9.17, 15) is 13.2 Å². The third-order valence-corrected chi connectivity index (χ3v) is 8.27. The maximum absolute atomic E-state index is 13.0. The number of aryl methyl sites for hydroxylation is 3. The standard InChI is InChI=1S/C22H25N3O3S2/c1-14-6-8-18(9-7-14)30(27,28)25-10-4-5-17(13-25)21(26)24-22-23-20-16(3)11-15(2)12-19(20)29-22/h6-9,11-12,17H,4-5,10,13H2,1-3H3,(H,23,24,26). The molecule has 158 valence electrons. The Labute approximate surface area is 181 Å². The largest absolute Gasteiger partial charge is 0.302 e. The number of hydrogen-bond acceptors (Lipinski definition) is 5. The highest BCUT2D eigenvalue weighted by Crippen LogP contribution is 2.30. The number of sulfonamides is 1. The number of piperidine rings is 1. The number of rotatable bonds is 4. The van der Waals surface area contributed by atoms with E-state index in [2.05, 4.69) is 22.4 Å². The molecule has 2 aromatic carbocycles. The van der Waals surface area contributed by atoms with Crippen molar-refractivity contribution in [1.82, 2.24) is 9.29 Å². The normalized spacial score (nSPS) is 17.9. The van der Waals surface area contributed by atoms with Crippen LogP contribution in [0, 0.1) is 26.7 Å². The van der Waals surface area contributed by atoms with Crippen molar-refractivity contribution < 1.29 is 13.2 Å². The molecular weight excluding hydrogens is 418 g/mol. The van der Waals surface area contributed by atoms with Crippen molar-refractivity contribution in [2.24, 2.45) is 5.92 Å². The van der Waals surface area contributed by atoms with Gasteiger partial charge in [0.05, 0.1) is 21.0 Å². The number of aromatic nitrogens is 1. The Balaban J connectivity index is 1.50. The van der Waals surface area contributed by atoms with Gasteiger partial charge in [0, 0.05) is 13.1 Å². The van der Waals surface area contributed by atoms with Crippen LogP contribution < -0.4 is 5.32 Å². The maximum Gasteiger partial charge on any atom is 0.243 e. The van der Waals surface area contributed by atoms with Gasteiger partial charge >= 0.3 is 0 Å². The van der Waals surface area contributed by atoms with E-state index >= 15 is 0 Å². The Kier molecular flexibility index (Phi) is 5.65. The predicted molar refractivity (Wildman–Crippen MR) is 120 cm³/mol. The first-order valence-electron chi connectivity index (χ1n) is 9.99. The van der Waals surface area contributed by atoms with Crippen LogP contribution in [0.5, 0.6) is 0 Å². The molecule has 0 bridgehead atoms. The van der Waals surface area contributed by atoms with Gasteiger partial charge in [-0.2, -0.15) is 4.31 Å². The van der Waals surface area contributed by atoms with Gasteiger partial charge in [-0.3, -0.25) is 4.79 Å². The topological polar surface area (TPSA) is 79.4 Å². The van der Waals surface area contributed by atoms with Gasteiger partial charge in [0.15, 0.2) is 5.13 Å². The molecule has 1 fully saturated rings. The van der Waals surface area contributed by atoms with Crippen LogP contribution in [0.2, 0.25) is 0 Å². The van der Waals surface area contributed by atoms with Crippen LogP contribution in [-0.4, -0.2) is 36.7 Å². The number of benzene rings is 2. The van der Waals surface area contributed by atoms with E-state index in [1.54, 1.807) is 24.3 Å². The van der Waals surface area contributed by atoms with Gasteiger partial charge in [-0.1, -0.05) is 35.1 Å². The molecule has 0 radical (unpaired) electrons. The van der Waals surface area contributed by atoms with Crippen molar-refractivity contribution in [3.8, 4) is 0 Å². The first-order valence-corrected chi connectivity index (χ1v) is 12.2. The highest BCUT2D eigenvalue weighted by atomic mass is 32.2. The van der Waals surface area contributed by atoms with Gasteiger partial charge in [-0.15, -0.1) is 0 Å². The molecule has 6 nitrogen and oxygen atoms in total. The Morgan fingerprint density at radius 3 is 2.60 bits per heavy atom. The number of nitrogens with one attached hydrogen (secondary N) is 1. The molecule has 2 heterocycles. The van der Waals surface area contributed by atoms with E-state index in [0.29, 0.717) is 24.5 Å². The number of anilines is 1. The summed E-state index contributed by atoms with van der Waals surface area (Å²) in [6.07, 6.45) is 1.32. The molecule has 0 aliphatic carbocycles. The number of fused-ring (bicyclic) bond motifs is 1. The van der Waals surface area contributed by atoms with Crippen molar-refractivity contribution in [2.75, 3.05) is 18.4 Å². The van der Waals surface area contributed by atoms with E-state index in [1.807, 2.05) is 20.8 Å². The average molecular weight is 444 g/mol. The summed E-state index contributed by atoms with van der Waals surface area (Å²) in [6.45, 7) is 6.58. The van der Waals surface area contributed by atoms with Gasteiger partial charge in [-0.05, 0) is 62.9 Å². The summed E-state index contributed by atoms with van der Waals surface area (Å²) in [5, 5.41) is 3.47. The van der Waals surface area contributed by atoms with E-state index in [4.69, 9.17) is 0 Å². The van der Waals surface area contributed by atoms with Crippen LogP contribution in [0.3, 0.4) is 0 Å².